The van der Waals surface area contributed by atoms with Crippen LogP contribution in [-0.2, 0) is 0 Å². The number of benzene rings is 2. The second kappa shape index (κ2) is 3.14. The number of fused-ring (bicyclic) bond motifs is 3. The summed E-state index contributed by atoms with van der Waals surface area (Å²) in [4.78, 5) is 8.82. The molecule has 1 heterocycles. The number of nitriles is 1. The number of hydrogen-bond acceptors (Lipinski definition) is 3. The molecule has 0 saturated carbocycles. The zero-order valence-corrected chi connectivity index (χ0v) is 9.38. The summed E-state index contributed by atoms with van der Waals surface area (Å²) in [6.07, 6.45) is 3.41. The van der Waals surface area contributed by atoms with Crippen molar-refractivity contribution in [1.82, 2.24) is 9.97 Å². The quantitative estimate of drug-likeness (QED) is 0.465. The summed E-state index contributed by atoms with van der Waals surface area (Å²) in [5.74, 6) is 0. The molecule has 3 aromatic rings. The van der Waals surface area contributed by atoms with Gasteiger partial charge in [-0.15, -0.1) is 0 Å². The Bertz CT molecular complexity index is 815. The summed E-state index contributed by atoms with van der Waals surface area (Å²) in [7, 11) is 0. The van der Waals surface area contributed by atoms with Gasteiger partial charge >= 0.3 is 0 Å². The van der Waals surface area contributed by atoms with Crippen LogP contribution in [0.4, 0.5) is 0 Å². The highest BCUT2D eigenvalue weighted by atomic mass is 14.8. The molecule has 82 valence electrons. The molecule has 0 atom stereocenters. The minimum absolute atomic E-state index is 0.698. The van der Waals surface area contributed by atoms with Crippen LogP contribution in [-0.4, -0.2) is 9.97 Å². The van der Waals surface area contributed by atoms with Crippen molar-refractivity contribution in [1.29, 1.82) is 5.26 Å². The average molecular weight is 229 g/mol. The normalized spacial score (nSPS) is 11.3. The van der Waals surface area contributed by atoms with Crippen LogP contribution in [0.1, 0.15) is 5.56 Å². The molecule has 0 bridgehead atoms. The second-order valence-corrected chi connectivity index (χ2v) is 4.25. The molecule has 1 aromatic heterocycles. The van der Waals surface area contributed by atoms with Crippen LogP contribution in [0.5, 0.6) is 0 Å². The number of rotatable bonds is 0. The maximum Gasteiger partial charge on any atom is 0.0998 e. The molecular formula is C15H7N3. The lowest BCUT2D eigenvalue weighted by molar-refractivity contribution is 1.23. The first-order valence-corrected chi connectivity index (χ1v) is 5.68. The van der Waals surface area contributed by atoms with Gasteiger partial charge in [0.2, 0.25) is 0 Å². The van der Waals surface area contributed by atoms with Crippen molar-refractivity contribution < 1.29 is 0 Å². The van der Waals surface area contributed by atoms with E-state index in [0.29, 0.717) is 5.56 Å². The SMILES string of the molecule is N#Cc1ccc2c3c(cccc13)-c1nccnc1-2. The first-order chi connectivity index (χ1) is 8.90. The Kier molecular flexibility index (Phi) is 1.63. The van der Waals surface area contributed by atoms with Gasteiger partial charge in [0.05, 0.1) is 23.0 Å². The van der Waals surface area contributed by atoms with E-state index in [1.807, 2.05) is 30.3 Å². The number of nitrogens with zero attached hydrogens (tertiary/aromatic N) is 3. The molecule has 1 aliphatic rings. The summed E-state index contributed by atoms with van der Waals surface area (Å²) >= 11 is 0. The predicted molar refractivity (Wildman–Crippen MR) is 68.7 cm³/mol. The van der Waals surface area contributed by atoms with Gasteiger partial charge in [-0.3, -0.25) is 9.97 Å². The average Bonchev–Trinajstić information content (AvgIpc) is 2.77. The van der Waals surface area contributed by atoms with Crippen molar-refractivity contribution in [2.24, 2.45) is 0 Å². The summed E-state index contributed by atoms with van der Waals surface area (Å²) in [5, 5.41) is 11.2. The lowest BCUT2D eigenvalue weighted by Gasteiger charge is -2.02. The molecule has 4 rings (SSSR count). The largest absolute Gasteiger partial charge is 0.252 e. The van der Waals surface area contributed by atoms with E-state index in [1.54, 1.807) is 12.4 Å². The summed E-state index contributed by atoms with van der Waals surface area (Å²) < 4.78 is 0. The third-order valence-corrected chi connectivity index (χ3v) is 3.37. The molecule has 3 heteroatoms. The Morgan fingerprint density at radius 2 is 1.61 bits per heavy atom. The molecule has 2 aromatic carbocycles. The van der Waals surface area contributed by atoms with Gasteiger partial charge in [0.25, 0.3) is 0 Å². The fraction of sp³-hybridized carbons (Fsp3) is 0. The van der Waals surface area contributed by atoms with E-state index >= 15 is 0 Å². The van der Waals surface area contributed by atoms with Gasteiger partial charge in [0, 0.05) is 34.3 Å². The van der Waals surface area contributed by atoms with E-state index < -0.39 is 0 Å². The Balaban J connectivity index is 2.28. The van der Waals surface area contributed by atoms with Gasteiger partial charge in [0.15, 0.2) is 0 Å². The zero-order chi connectivity index (χ0) is 12.1. The molecule has 0 radical (unpaired) electrons. The van der Waals surface area contributed by atoms with Gasteiger partial charge in [-0.1, -0.05) is 24.3 Å². The second-order valence-electron chi connectivity index (χ2n) is 4.25. The molecule has 0 saturated heterocycles. The van der Waals surface area contributed by atoms with Gasteiger partial charge < -0.3 is 0 Å². The van der Waals surface area contributed by atoms with Gasteiger partial charge in [0.1, 0.15) is 0 Å². The molecule has 0 aliphatic heterocycles. The Morgan fingerprint density at radius 1 is 0.889 bits per heavy atom. The van der Waals surface area contributed by atoms with Gasteiger partial charge in [-0.2, -0.15) is 5.26 Å². The van der Waals surface area contributed by atoms with Crippen LogP contribution in [0.2, 0.25) is 0 Å². The van der Waals surface area contributed by atoms with Crippen molar-refractivity contribution in [2.75, 3.05) is 0 Å². The molecule has 0 amide bonds. The van der Waals surface area contributed by atoms with E-state index in [2.05, 4.69) is 16.0 Å². The van der Waals surface area contributed by atoms with Crippen LogP contribution in [0.25, 0.3) is 33.3 Å². The minimum Gasteiger partial charge on any atom is -0.252 e. The van der Waals surface area contributed by atoms with Crippen molar-refractivity contribution in [2.45, 2.75) is 0 Å². The van der Waals surface area contributed by atoms with Crippen LogP contribution in [0.15, 0.2) is 42.7 Å². The molecule has 0 fully saturated rings. The topological polar surface area (TPSA) is 49.6 Å². The van der Waals surface area contributed by atoms with E-state index in [-0.39, 0.29) is 0 Å². The van der Waals surface area contributed by atoms with E-state index in [4.69, 9.17) is 0 Å². The summed E-state index contributed by atoms with van der Waals surface area (Å²) in [5.41, 5.74) is 4.66. The van der Waals surface area contributed by atoms with Crippen molar-refractivity contribution in [3.63, 3.8) is 0 Å². The maximum atomic E-state index is 9.17. The van der Waals surface area contributed by atoms with Gasteiger partial charge in [-0.05, 0) is 6.07 Å². The molecule has 3 nitrogen and oxygen atoms in total. The Morgan fingerprint density at radius 3 is 2.33 bits per heavy atom. The van der Waals surface area contributed by atoms with E-state index in [0.717, 1.165) is 33.3 Å². The minimum atomic E-state index is 0.698. The highest BCUT2D eigenvalue weighted by Gasteiger charge is 2.23. The monoisotopic (exact) mass is 229 g/mol. The smallest absolute Gasteiger partial charge is 0.0998 e. The lowest BCUT2D eigenvalue weighted by atomic mass is 10.00. The highest BCUT2D eigenvalue weighted by molar-refractivity contribution is 6.14. The van der Waals surface area contributed by atoms with Crippen LogP contribution in [0.3, 0.4) is 0 Å². The first kappa shape index (κ1) is 9.32. The highest BCUT2D eigenvalue weighted by Crippen LogP contribution is 2.45. The Labute approximate surface area is 103 Å². The third kappa shape index (κ3) is 0.975. The lowest BCUT2D eigenvalue weighted by Crippen LogP contribution is -1.84. The fourth-order valence-electron chi connectivity index (χ4n) is 2.63. The number of aromatic nitrogens is 2. The predicted octanol–water partition coefficient (Wildman–Crippen LogP) is 3.15. The Hall–Kier alpha value is -2.73. The molecule has 0 unspecified atom stereocenters. The van der Waals surface area contributed by atoms with Gasteiger partial charge in [-0.25, -0.2) is 0 Å². The van der Waals surface area contributed by atoms with Crippen LogP contribution in [0, 0.1) is 11.3 Å². The number of hydrogen-bond donors (Lipinski definition) is 0. The molecular weight excluding hydrogens is 222 g/mol. The molecule has 0 spiro atoms. The van der Waals surface area contributed by atoms with Crippen molar-refractivity contribution in [3.05, 3.63) is 48.3 Å². The maximum absolute atomic E-state index is 9.17. The molecule has 1 aliphatic carbocycles. The van der Waals surface area contributed by atoms with Crippen molar-refractivity contribution in [3.8, 4) is 28.6 Å². The third-order valence-electron chi connectivity index (χ3n) is 3.37. The summed E-state index contributed by atoms with van der Waals surface area (Å²) in [6.45, 7) is 0. The van der Waals surface area contributed by atoms with E-state index in [1.165, 1.54) is 0 Å². The standard InChI is InChI=1S/C15H7N3/c16-8-9-4-5-12-13-10(9)2-1-3-11(13)14-15(12)18-7-6-17-14/h1-7H. The first-order valence-electron chi connectivity index (χ1n) is 5.68. The molecule has 18 heavy (non-hydrogen) atoms. The van der Waals surface area contributed by atoms with E-state index in [9.17, 15) is 5.26 Å². The fourth-order valence-corrected chi connectivity index (χ4v) is 2.63. The van der Waals surface area contributed by atoms with Crippen molar-refractivity contribution >= 4 is 10.8 Å². The van der Waals surface area contributed by atoms with Crippen LogP contribution >= 0.6 is 0 Å². The summed E-state index contributed by atoms with van der Waals surface area (Å²) in [6, 6.07) is 12.0. The zero-order valence-electron chi connectivity index (χ0n) is 9.38. The molecule has 0 N–H and O–H groups in total. The van der Waals surface area contributed by atoms with Crippen LogP contribution < -0.4 is 0 Å².